The van der Waals surface area contributed by atoms with Crippen LogP contribution in [0.5, 0.6) is 0 Å². The molecule has 0 radical (unpaired) electrons. The molecule has 1 aliphatic heterocycles. The third-order valence-corrected chi connectivity index (χ3v) is 2.20. The van der Waals surface area contributed by atoms with Crippen molar-refractivity contribution < 1.29 is 0 Å². The van der Waals surface area contributed by atoms with Gasteiger partial charge in [0.25, 0.3) is 0 Å². The predicted octanol–water partition coefficient (Wildman–Crippen LogP) is 2.30. The highest BCUT2D eigenvalue weighted by Crippen LogP contribution is 2.19. The summed E-state index contributed by atoms with van der Waals surface area (Å²) in [6, 6.07) is 0. The smallest absolute Gasteiger partial charge is 0.0451 e. The number of piperidine rings is 1. The summed E-state index contributed by atoms with van der Waals surface area (Å²) < 4.78 is 0. The lowest BCUT2D eigenvalue weighted by Gasteiger charge is -2.17. The SMILES string of the molecule is CC1=C=C2CCCNC2=CC=C1. The predicted molar refractivity (Wildman–Crippen MR) is 50.7 cm³/mol. The van der Waals surface area contributed by atoms with Crippen molar-refractivity contribution >= 4 is 0 Å². The van der Waals surface area contributed by atoms with Crippen molar-refractivity contribution in [2.45, 2.75) is 19.8 Å². The van der Waals surface area contributed by atoms with E-state index in [0.717, 1.165) is 13.0 Å². The number of rotatable bonds is 0. The summed E-state index contributed by atoms with van der Waals surface area (Å²) in [5.74, 6) is 0. The van der Waals surface area contributed by atoms with Gasteiger partial charge in [0.2, 0.25) is 0 Å². The van der Waals surface area contributed by atoms with Crippen LogP contribution in [0, 0.1) is 0 Å². The minimum atomic E-state index is 1.10. The van der Waals surface area contributed by atoms with Crippen LogP contribution >= 0.6 is 0 Å². The first kappa shape index (κ1) is 7.45. The van der Waals surface area contributed by atoms with Crippen molar-refractivity contribution in [2.24, 2.45) is 0 Å². The van der Waals surface area contributed by atoms with E-state index in [2.05, 4.69) is 36.2 Å². The van der Waals surface area contributed by atoms with Crippen LogP contribution in [0.3, 0.4) is 0 Å². The molecule has 0 unspecified atom stereocenters. The summed E-state index contributed by atoms with van der Waals surface area (Å²) in [4.78, 5) is 0. The molecule has 1 nitrogen and oxygen atoms in total. The number of hydrogen-bond donors (Lipinski definition) is 1. The van der Waals surface area contributed by atoms with Gasteiger partial charge in [0.1, 0.15) is 0 Å². The van der Waals surface area contributed by atoms with Crippen LogP contribution in [0.25, 0.3) is 0 Å². The first-order valence-electron chi connectivity index (χ1n) is 4.45. The summed E-state index contributed by atoms with van der Waals surface area (Å²) in [5, 5.41) is 3.38. The molecule has 1 heteroatoms. The first-order chi connectivity index (χ1) is 5.86. The fraction of sp³-hybridized carbons (Fsp3) is 0.364. The number of nitrogens with one attached hydrogen (secondary N) is 1. The normalized spacial score (nSPS) is 21.2. The van der Waals surface area contributed by atoms with Crippen molar-refractivity contribution in [1.82, 2.24) is 5.32 Å². The Morgan fingerprint density at radius 1 is 1.50 bits per heavy atom. The van der Waals surface area contributed by atoms with Gasteiger partial charge in [-0.25, -0.2) is 0 Å². The molecule has 2 aliphatic rings. The van der Waals surface area contributed by atoms with E-state index in [1.807, 2.05) is 0 Å². The van der Waals surface area contributed by atoms with E-state index in [0.29, 0.717) is 0 Å². The monoisotopic (exact) mass is 159 g/mol. The second kappa shape index (κ2) is 3.04. The Morgan fingerprint density at radius 2 is 2.42 bits per heavy atom. The van der Waals surface area contributed by atoms with Crippen LogP contribution in [0.1, 0.15) is 19.8 Å². The van der Waals surface area contributed by atoms with E-state index in [1.165, 1.54) is 23.3 Å². The van der Waals surface area contributed by atoms with Crippen molar-refractivity contribution in [3.63, 3.8) is 0 Å². The quantitative estimate of drug-likeness (QED) is 0.535. The van der Waals surface area contributed by atoms with Gasteiger partial charge < -0.3 is 5.32 Å². The van der Waals surface area contributed by atoms with Crippen molar-refractivity contribution in [1.29, 1.82) is 0 Å². The topological polar surface area (TPSA) is 12.0 Å². The average Bonchev–Trinajstić information content (AvgIpc) is 2.25. The van der Waals surface area contributed by atoms with Gasteiger partial charge in [0, 0.05) is 17.8 Å². The van der Waals surface area contributed by atoms with Gasteiger partial charge in [-0.15, -0.1) is 5.73 Å². The third-order valence-electron chi connectivity index (χ3n) is 2.20. The molecule has 0 spiro atoms. The third kappa shape index (κ3) is 1.37. The maximum Gasteiger partial charge on any atom is 0.0451 e. The highest BCUT2D eigenvalue weighted by molar-refractivity contribution is 5.39. The van der Waals surface area contributed by atoms with Crippen molar-refractivity contribution in [3.05, 3.63) is 40.8 Å². The van der Waals surface area contributed by atoms with Crippen LogP contribution in [0.4, 0.5) is 0 Å². The highest BCUT2D eigenvalue weighted by Gasteiger charge is 2.10. The Balaban J connectivity index is 2.43. The summed E-state index contributed by atoms with van der Waals surface area (Å²) >= 11 is 0. The van der Waals surface area contributed by atoms with E-state index in [4.69, 9.17) is 0 Å². The molecule has 1 fully saturated rings. The van der Waals surface area contributed by atoms with Crippen molar-refractivity contribution in [3.8, 4) is 0 Å². The van der Waals surface area contributed by atoms with E-state index < -0.39 is 0 Å². The molecule has 12 heavy (non-hydrogen) atoms. The molecule has 0 atom stereocenters. The van der Waals surface area contributed by atoms with Crippen LogP contribution in [0.15, 0.2) is 40.8 Å². The molecular weight excluding hydrogens is 146 g/mol. The highest BCUT2D eigenvalue weighted by atomic mass is 14.9. The van der Waals surface area contributed by atoms with Crippen LogP contribution in [0.2, 0.25) is 0 Å². The zero-order chi connectivity index (χ0) is 8.39. The summed E-state index contributed by atoms with van der Waals surface area (Å²) in [6.45, 7) is 3.19. The molecule has 1 saturated heterocycles. The molecule has 0 aromatic rings. The Morgan fingerprint density at radius 3 is 3.33 bits per heavy atom. The van der Waals surface area contributed by atoms with Gasteiger partial charge in [-0.1, -0.05) is 12.2 Å². The zero-order valence-corrected chi connectivity index (χ0v) is 7.35. The van der Waals surface area contributed by atoms with Gasteiger partial charge in [0.05, 0.1) is 0 Å². The van der Waals surface area contributed by atoms with Gasteiger partial charge in [-0.2, -0.15) is 0 Å². The molecule has 62 valence electrons. The van der Waals surface area contributed by atoms with E-state index in [9.17, 15) is 0 Å². The Hall–Kier alpha value is -1.20. The minimum absolute atomic E-state index is 1.10. The van der Waals surface area contributed by atoms with Gasteiger partial charge in [-0.3, -0.25) is 0 Å². The zero-order valence-electron chi connectivity index (χ0n) is 7.35. The van der Waals surface area contributed by atoms with Crippen LogP contribution in [-0.2, 0) is 0 Å². The van der Waals surface area contributed by atoms with Gasteiger partial charge >= 0.3 is 0 Å². The minimum Gasteiger partial charge on any atom is -0.384 e. The lowest BCUT2D eigenvalue weighted by atomic mass is 10.0. The van der Waals surface area contributed by atoms with Gasteiger partial charge in [-0.05, 0) is 31.4 Å². The molecule has 1 N–H and O–H groups in total. The molecule has 2 rings (SSSR count). The number of hydrogen-bond acceptors (Lipinski definition) is 1. The molecule has 0 aromatic heterocycles. The molecule has 1 heterocycles. The van der Waals surface area contributed by atoms with E-state index >= 15 is 0 Å². The van der Waals surface area contributed by atoms with Crippen molar-refractivity contribution in [2.75, 3.05) is 6.54 Å². The number of fused-ring (bicyclic) bond motifs is 1. The molecule has 1 aliphatic carbocycles. The summed E-state index contributed by atoms with van der Waals surface area (Å²) in [6.07, 6.45) is 8.71. The number of allylic oxidation sites excluding steroid dienone is 4. The molecule has 0 saturated carbocycles. The fourth-order valence-corrected chi connectivity index (χ4v) is 1.59. The van der Waals surface area contributed by atoms with Crippen LogP contribution in [-0.4, -0.2) is 6.54 Å². The summed E-state index contributed by atoms with van der Waals surface area (Å²) in [7, 11) is 0. The second-order valence-corrected chi connectivity index (χ2v) is 3.26. The Kier molecular flexibility index (Phi) is 1.89. The largest absolute Gasteiger partial charge is 0.384 e. The first-order valence-corrected chi connectivity index (χ1v) is 4.45. The molecule has 0 aromatic carbocycles. The fourth-order valence-electron chi connectivity index (χ4n) is 1.59. The molecule has 0 bridgehead atoms. The Bertz CT molecular complexity index is 312. The molecular formula is C11H13N. The maximum absolute atomic E-state index is 3.40. The van der Waals surface area contributed by atoms with Crippen LogP contribution < -0.4 is 5.32 Å². The second-order valence-electron chi connectivity index (χ2n) is 3.26. The lowest BCUT2D eigenvalue weighted by molar-refractivity contribution is 0.670. The van der Waals surface area contributed by atoms with Gasteiger partial charge in [0.15, 0.2) is 0 Å². The Labute approximate surface area is 73.2 Å². The standard InChI is InChI=1S/C11H13N/c1-9-4-2-6-11-10(8-9)5-3-7-12-11/h2,4,6,12H,3,5,7H2,1H3. The molecule has 0 amide bonds. The maximum atomic E-state index is 3.40. The lowest BCUT2D eigenvalue weighted by Crippen LogP contribution is -2.21. The summed E-state index contributed by atoms with van der Waals surface area (Å²) in [5.41, 5.74) is 7.21. The van der Waals surface area contributed by atoms with E-state index in [-0.39, 0.29) is 0 Å². The van der Waals surface area contributed by atoms with E-state index in [1.54, 1.807) is 0 Å². The average molecular weight is 159 g/mol.